The van der Waals surface area contributed by atoms with E-state index in [1.165, 1.54) is 35.2 Å². The van der Waals surface area contributed by atoms with Gasteiger partial charge in [-0.05, 0) is 42.0 Å². The Morgan fingerprint density at radius 3 is 2.41 bits per heavy atom. The van der Waals surface area contributed by atoms with Gasteiger partial charge < -0.3 is 0 Å². The Hall–Kier alpha value is -3.49. The van der Waals surface area contributed by atoms with Crippen molar-refractivity contribution in [3.05, 3.63) is 80.5 Å². The third-order valence-electron chi connectivity index (χ3n) is 6.35. The summed E-state index contributed by atoms with van der Waals surface area (Å²) < 4.78 is 41.4. The number of amides is 1. The van der Waals surface area contributed by atoms with E-state index >= 15 is 0 Å². The molecule has 2 aromatic rings. The van der Waals surface area contributed by atoms with Gasteiger partial charge >= 0.3 is 6.18 Å². The van der Waals surface area contributed by atoms with Gasteiger partial charge in [0.15, 0.2) is 5.78 Å². The van der Waals surface area contributed by atoms with Gasteiger partial charge in [0.25, 0.3) is 5.69 Å². The van der Waals surface area contributed by atoms with Gasteiger partial charge in [-0.3, -0.25) is 24.6 Å². The molecule has 2 aromatic carbocycles. The zero-order chi connectivity index (χ0) is 25.0. The highest BCUT2D eigenvalue weighted by Gasteiger charge is 2.47. The van der Waals surface area contributed by atoms with Crippen molar-refractivity contribution < 1.29 is 27.7 Å². The second-order valence-electron chi connectivity index (χ2n) is 9.62. The topological polar surface area (TPSA) is 80.5 Å². The first kappa shape index (κ1) is 23.7. The summed E-state index contributed by atoms with van der Waals surface area (Å²) in [7, 11) is 0. The molecule has 1 unspecified atom stereocenters. The molecule has 0 aromatic heterocycles. The molecule has 0 fully saturated rings. The van der Waals surface area contributed by atoms with Crippen molar-refractivity contribution in [3.8, 4) is 0 Å². The molecule has 1 atom stereocenters. The maximum absolute atomic E-state index is 13.8. The van der Waals surface area contributed by atoms with Crippen LogP contribution in [0.25, 0.3) is 0 Å². The Kier molecular flexibility index (Phi) is 5.62. The molecular formula is C25H23F3N2O4. The maximum Gasteiger partial charge on any atom is 0.416 e. The van der Waals surface area contributed by atoms with E-state index in [0.717, 1.165) is 6.07 Å². The number of allylic oxidation sites excluding steroid dienone is 2. The van der Waals surface area contributed by atoms with Gasteiger partial charge in [-0.25, -0.2) is 0 Å². The molecule has 34 heavy (non-hydrogen) atoms. The molecule has 2 aliphatic rings. The van der Waals surface area contributed by atoms with Crippen LogP contribution in [0.4, 0.5) is 24.5 Å². The van der Waals surface area contributed by atoms with E-state index in [2.05, 4.69) is 0 Å². The summed E-state index contributed by atoms with van der Waals surface area (Å²) >= 11 is 0. The van der Waals surface area contributed by atoms with Crippen LogP contribution < -0.4 is 4.90 Å². The van der Waals surface area contributed by atoms with Gasteiger partial charge in [-0.2, -0.15) is 13.2 Å². The average molecular weight is 472 g/mol. The third-order valence-corrected chi connectivity index (χ3v) is 6.35. The Bertz CT molecular complexity index is 1250. The number of nitro groups is 1. The van der Waals surface area contributed by atoms with E-state index in [9.17, 15) is 32.9 Å². The number of ketones is 1. The van der Waals surface area contributed by atoms with E-state index in [4.69, 9.17) is 0 Å². The standard InChI is InChI=1S/C25H23F3N2O4/c1-14-8-9-18(19(10-14)30(33)34)29-20-12-24(2,3)13-21(31)23(20)16(11-22(29)32)15-6-4-5-7-17(15)25(26,27)28/h4-10,16H,11-13H2,1-3H3. The molecule has 4 rings (SSSR count). The largest absolute Gasteiger partial charge is 0.416 e. The van der Waals surface area contributed by atoms with Crippen LogP contribution in [0.15, 0.2) is 53.7 Å². The summed E-state index contributed by atoms with van der Waals surface area (Å²) in [6, 6.07) is 9.35. The van der Waals surface area contributed by atoms with E-state index in [1.807, 2.05) is 13.8 Å². The van der Waals surface area contributed by atoms with Crippen LogP contribution in [0.1, 0.15) is 55.7 Å². The van der Waals surface area contributed by atoms with E-state index in [0.29, 0.717) is 5.56 Å². The zero-order valence-corrected chi connectivity index (χ0v) is 18.9. The molecule has 0 bridgehead atoms. The smallest absolute Gasteiger partial charge is 0.294 e. The fourth-order valence-corrected chi connectivity index (χ4v) is 4.99. The summed E-state index contributed by atoms with van der Waals surface area (Å²) in [4.78, 5) is 39.1. The fourth-order valence-electron chi connectivity index (χ4n) is 4.99. The number of hydrogen-bond acceptors (Lipinski definition) is 4. The quantitative estimate of drug-likeness (QED) is 0.400. The molecule has 0 saturated heterocycles. The molecule has 1 heterocycles. The normalized spacial score (nSPS) is 20.4. The van der Waals surface area contributed by atoms with Crippen LogP contribution in [0.3, 0.4) is 0 Å². The number of hydrogen-bond donors (Lipinski definition) is 0. The molecule has 6 nitrogen and oxygen atoms in total. The van der Waals surface area contributed by atoms with Gasteiger partial charge in [-0.1, -0.05) is 38.1 Å². The van der Waals surface area contributed by atoms with Crippen LogP contribution >= 0.6 is 0 Å². The lowest BCUT2D eigenvalue weighted by atomic mass is 9.68. The van der Waals surface area contributed by atoms with Crippen molar-refractivity contribution in [2.75, 3.05) is 4.90 Å². The number of halogens is 3. The molecule has 0 spiro atoms. The predicted molar refractivity (Wildman–Crippen MR) is 119 cm³/mol. The number of carbonyl (C=O) groups is 2. The number of anilines is 1. The number of nitrogens with zero attached hydrogens (tertiary/aromatic N) is 2. The highest BCUT2D eigenvalue weighted by atomic mass is 19.4. The monoisotopic (exact) mass is 472 g/mol. The van der Waals surface area contributed by atoms with Crippen LogP contribution in [0.2, 0.25) is 0 Å². The van der Waals surface area contributed by atoms with E-state index in [1.54, 1.807) is 13.0 Å². The first-order chi connectivity index (χ1) is 15.8. The van der Waals surface area contributed by atoms with Gasteiger partial charge in [-0.15, -0.1) is 0 Å². The van der Waals surface area contributed by atoms with Crippen molar-refractivity contribution in [2.24, 2.45) is 5.41 Å². The van der Waals surface area contributed by atoms with Crippen LogP contribution in [-0.4, -0.2) is 16.6 Å². The maximum atomic E-state index is 13.8. The van der Waals surface area contributed by atoms with Crippen molar-refractivity contribution in [1.29, 1.82) is 0 Å². The minimum Gasteiger partial charge on any atom is -0.294 e. The van der Waals surface area contributed by atoms with Crippen molar-refractivity contribution in [1.82, 2.24) is 0 Å². The number of carbonyl (C=O) groups excluding carboxylic acids is 2. The summed E-state index contributed by atoms with van der Waals surface area (Å²) in [6.45, 7) is 5.33. The molecule has 0 N–H and O–H groups in total. The lowest BCUT2D eigenvalue weighted by molar-refractivity contribution is -0.384. The molecular weight excluding hydrogens is 449 g/mol. The van der Waals surface area contributed by atoms with E-state index in [-0.39, 0.29) is 46.8 Å². The molecule has 0 radical (unpaired) electrons. The number of nitro benzene ring substituents is 1. The highest BCUT2D eigenvalue weighted by Crippen LogP contribution is 2.51. The molecule has 178 valence electrons. The second kappa shape index (κ2) is 8.07. The fraction of sp³-hybridized carbons (Fsp3) is 0.360. The minimum atomic E-state index is -4.66. The number of Topliss-reactive ketones (excluding diaryl/α,β-unsaturated/α-hetero) is 1. The van der Waals surface area contributed by atoms with Crippen molar-refractivity contribution in [3.63, 3.8) is 0 Å². The minimum absolute atomic E-state index is 0.0150. The third kappa shape index (κ3) is 4.10. The zero-order valence-electron chi connectivity index (χ0n) is 18.9. The Balaban J connectivity index is 1.99. The number of rotatable bonds is 3. The lowest BCUT2D eigenvalue weighted by Crippen LogP contribution is -2.44. The SMILES string of the molecule is Cc1ccc(N2C(=O)CC(c3ccccc3C(F)(F)F)C3=C2CC(C)(C)CC3=O)c([N+](=O)[O-])c1. The van der Waals surface area contributed by atoms with E-state index < -0.39 is 40.3 Å². The second-order valence-corrected chi connectivity index (χ2v) is 9.62. The van der Waals surface area contributed by atoms with Crippen LogP contribution in [0, 0.1) is 22.5 Å². The van der Waals surface area contributed by atoms with Crippen molar-refractivity contribution >= 4 is 23.1 Å². The van der Waals surface area contributed by atoms with Gasteiger partial charge in [0, 0.05) is 36.1 Å². The van der Waals surface area contributed by atoms with Crippen LogP contribution in [0.5, 0.6) is 0 Å². The average Bonchev–Trinajstić information content (AvgIpc) is 2.72. The molecule has 1 aliphatic carbocycles. The Morgan fingerprint density at radius 1 is 1.09 bits per heavy atom. The summed E-state index contributed by atoms with van der Waals surface area (Å²) in [6.07, 6.45) is -4.74. The summed E-state index contributed by atoms with van der Waals surface area (Å²) in [5.41, 5.74) is -0.900. The first-order valence-electron chi connectivity index (χ1n) is 10.8. The predicted octanol–water partition coefficient (Wildman–Crippen LogP) is 6.09. The van der Waals surface area contributed by atoms with Crippen molar-refractivity contribution in [2.45, 2.75) is 52.1 Å². The highest BCUT2D eigenvalue weighted by molar-refractivity contribution is 6.08. The van der Waals surface area contributed by atoms with Gasteiger partial charge in [0.1, 0.15) is 5.69 Å². The van der Waals surface area contributed by atoms with Gasteiger partial charge in [0.2, 0.25) is 5.91 Å². The number of benzene rings is 2. The number of aryl methyl sites for hydroxylation is 1. The lowest BCUT2D eigenvalue weighted by Gasteiger charge is -2.43. The molecule has 1 aliphatic heterocycles. The summed E-state index contributed by atoms with van der Waals surface area (Å²) in [5.74, 6) is -2.01. The number of alkyl halides is 3. The Morgan fingerprint density at radius 2 is 1.76 bits per heavy atom. The summed E-state index contributed by atoms with van der Waals surface area (Å²) in [5, 5.41) is 11.8. The van der Waals surface area contributed by atoms with Crippen LogP contribution in [-0.2, 0) is 15.8 Å². The molecule has 9 heteroatoms. The molecule has 0 saturated carbocycles. The Labute approximate surface area is 194 Å². The molecule has 1 amide bonds. The first-order valence-corrected chi connectivity index (χ1v) is 10.8. The van der Waals surface area contributed by atoms with Gasteiger partial charge in [0.05, 0.1) is 10.5 Å².